The lowest BCUT2D eigenvalue weighted by atomic mass is 10.0. The van der Waals surface area contributed by atoms with Gasteiger partial charge in [0.05, 0.1) is 0 Å². The smallest absolute Gasteiger partial charge is 0.306 e. The first-order valence-electron chi connectivity index (χ1n) is 31.9. The van der Waals surface area contributed by atoms with Crippen molar-refractivity contribution in [2.75, 3.05) is 13.2 Å². The first kappa shape index (κ1) is 72.1. The Morgan fingerprint density at radius 2 is 0.539 bits per heavy atom. The van der Waals surface area contributed by atoms with E-state index in [1.165, 1.54) is 122 Å². The topological polar surface area (TPSA) is 78.9 Å². The van der Waals surface area contributed by atoms with E-state index in [0.717, 1.165) is 135 Å². The Labute approximate surface area is 470 Å². The molecule has 0 N–H and O–H groups in total. The highest BCUT2D eigenvalue weighted by atomic mass is 16.6. The minimum absolute atomic E-state index is 0.0854. The Morgan fingerprint density at radius 1 is 0.276 bits per heavy atom. The minimum Gasteiger partial charge on any atom is -0.462 e. The molecule has 0 saturated carbocycles. The molecule has 0 amide bonds. The fourth-order valence-corrected chi connectivity index (χ4v) is 8.76. The number of rotatable bonds is 57. The summed E-state index contributed by atoms with van der Waals surface area (Å²) in [5.74, 6) is -0.903. The van der Waals surface area contributed by atoms with Gasteiger partial charge in [-0.15, -0.1) is 0 Å². The number of allylic oxidation sites excluding steroid dienone is 18. The number of esters is 3. The van der Waals surface area contributed by atoms with Crippen LogP contribution in [-0.4, -0.2) is 37.2 Å². The molecule has 0 aromatic heterocycles. The van der Waals surface area contributed by atoms with Gasteiger partial charge in [-0.2, -0.15) is 0 Å². The standard InChI is InChI=1S/C70H118O6/c1-4-7-10-13-16-19-22-24-26-28-29-30-31-32-33-34-35-36-37-38-39-40-41-43-44-46-48-51-54-57-60-63-69(72)75-66-67(65-74-68(71)62-59-56-53-50-21-18-15-12-9-6-3)76-70(73)64-61-58-55-52-49-47-45-42-27-25-23-20-17-14-11-8-5-2/h7,10,12,15-16,19,24,26,29-30,32-33,35-36,38-39,41,43,67H,4-6,8-9,11,13-14,17-18,20-23,25,27-28,31,34,37,40,42,44-66H2,1-3H3/b10-7-,15-12-,19-16-,26-24-,30-29-,33-32-,36-35-,39-38-,43-41-. The predicted molar refractivity (Wildman–Crippen MR) is 330 cm³/mol. The van der Waals surface area contributed by atoms with Crippen LogP contribution < -0.4 is 0 Å². The van der Waals surface area contributed by atoms with Gasteiger partial charge < -0.3 is 14.2 Å². The van der Waals surface area contributed by atoms with E-state index in [1.54, 1.807) is 0 Å². The van der Waals surface area contributed by atoms with Crippen LogP contribution in [0.25, 0.3) is 0 Å². The summed E-state index contributed by atoms with van der Waals surface area (Å²) in [6.07, 6.45) is 86.7. The van der Waals surface area contributed by atoms with Crippen LogP contribution in [0.2, 0.25) is 0 Å². The zero-order valence-corrected chi connectivity index (χ0v) is 49.7. The Balaban J connectivity index is 4.26. The quantitative estimate of drug-likeness (QED) is 0.0261. The van der Waals surface area contributed by atoms with Crippen LogP contribution in [0, 0.1) is 0 Å². The monoisotopic (exact) mass is 1050 g/mol. The third-order valence-electron chi connectivity index (χ3n) is 13.5. The summed E-state index contributed by atoms with van der Waals surface area (Å²) < 4.78 is 16.9. The van der Waals surface area contributed by atoms with Crippen LogP contribution in [0.4, 0.5) is 0 Å². The van der Waals surface area contributed by atoms with Gasteiger partial charge in [0.15, 0.2) is 6.10 Å². The van der Waals surface area contributed by atoms with Gasteiger partial charge in [-0.1, -0.05) is 284 Å². The van der Waals surface area contributed by atoms with Crippen LogP contribution in [-0.2, 0) is 28.6 Å². The van der Waals surface area contributed by atoms with Gasteiger partial charge in [0.25, 0.3) is 0 Å². The maximum absolute atomic E-state index is 12.9. The van der Waals surface area contributed by atoms with Crippen LogP contribution in [0.3, 0.4) is 0 Å². The van der Waals surface area contributed by atoms with Crippen molar-refractivity contribution >= 4 is 17.9 Å². The van der Waals surface area contributed by atoms with Crippen molar-refractivity contribution in [3.8, 4) is 0 Å². The fourth-order valence-electron chi connectivity index (χ4n) is 8.76. The van der Waals surface area contributed by atoms with Crippen LogP contribution in [0.15, 0.2) is 109 Å². The lowest BCUT2D eigenvalue weighted by Crippen LogP contribution is -2.30. The zero-order chi connectivity index (χ0) is 55.0. The zero-order valence-electron chi connectivity index (χ0n) is 49.7. The Morgan fingerprint density at radius 3 is 0.868 bits per heavy atom. The molecule has 0 aromatic rings. The molecule has 0 radical (unpaired) electrons. The second-order valence-electron chi connectivity index (χ2n) is 20.9. The highest BCUT2D eigenvalue weighted by Crippen LogP contribution is 2.16. The molecule has 0 aliphatic heterocycles. The van der Waals surface area contributed by atoms with E-state index in [4.69, 9.17) is 14.2 Å². The molecule has 434 valence electrons. The summed E-state index contributed by atoms with van der Waals surface area (Å²) in [7, 11) is 0. The summed E-state index contributed by atoms with van der Waals surface area (Å²) in [6, 6.07) is 0. The van der Waals surface area contributed by atoms with Crippen LogP contribution in [0.1, 0.15) is 297 Å². The fraction of sp³-hybridized carbons (Fsp3) is 0.700. The molecule has 0 aromatic carbocycles. The minimum atomic E-state index is -0.787. The van der Waals surface area contributed by atoms with Crippen molar-refractivity contribution in [2.45, 2.75) is 303 Å². The van der Waals surface area contributed by atoms with Gasteiger partial charge in [-0.25, -0.2) is 0 Å². The highest BCUT2D eigenvalue weighted by molar-refractivity contribution is 5.71. The van der Waals surface area contributed by atoms with Gasteiger partial charge in [-0.3, -0.25) is 14.4 Å². The molecule has 1 unspecified atom stereocenters. The molecule has 0 saturated heterocycles. The van der Waals surface area contributed by atoms with Crippen LogP contribution in [0.5, 0.6) is 0 Å². The van der Waals surface area contributed by atoms with Crippen molar-refractivity contribution in [3.63, 3.8) is 0 Å². The highest BCUT2D eigenvalue weighted by Gasteiger charge is 2.19. The summed E-state index contributed by atoms with van der Waals surface area (Å²) >= 11 is 0. The Bertz CT molecular complexity index is 1540. The predicted octanol–water partition coefficient (Wildman–Crippen LogP) is 21.8. The second kappa shape index (κ2) is 63.6. The van der Waals surface area contributed by atoms with Crippen LogP contribution >= 0.6 is 0 Å². The summed E-state index contributed by atoms with van der Waals surface area (Å²) in [6.45, 7) is 6.47. The molecule has 0 bridgehead atoms. The molecule has 0 rings (SSSR count). The van der Waals surface area contributed by atoms with E-state index in [2.05, 4.69) is 130 Å². The molecule has 0 aliphatic carbocycles. The van der Waals surface area contributed by atoms with Crippen molar-refractivity contribution in [2.24, 2.45) is 0 Å². The van der Waals surface area contributed by atoms with Crippen molar-refractivity contribution in [1.82, 2.24) is 0 Å². The van der Waals surface area contributed by atoms with E-state index < -0.39 is 6.10 Å². The Kier molecular flexibility index (Phi) is 60.3. The molecule has 0 aliphatic rings. The molecule has 76 heavy (non-hydrogen) atoms. The largest absolute Gasteiger partial charge is 0.462 e. The van der Waals surface area contributed by atoms with Gasteiger partial charge in [0.1, 0.15) is 13.2 Å². The van der Waals surface area contributed by atoms with Gasteiger partial charge in [0.2, 0.25) is 0 Å². The van der Waals surface area contributed by atoms with Crippen molar-refractivity contribution in [1.29, 1.82) is 0 Å². The number of hydrogen-bond donors (Lipinski definition) is 0. The van der Waals surface area contributed by atoms with E-state index in [1.807, 2.05) is 0 Å². The average Bonchev–Trinajstić information content (AvgIpc) is 3.42. The van der Waals surface area contributed by atoms with E-state index in [9.17, 15) is 14.4 Å². The van der Waals surface area contributed by atoms with E-state index in [0.29, 0.717) is 19.3 Å². The number of unbranched alkanes of at least 4 members (excludes halogenated alkanes) is 28. The molecule has 0 heterocycles. The molecular weight excluding hydrogens is 937 g/mol. The lowest BCUT2D eigenvalue weighted by molar-refractivity contribution is -0.167. The molecule has 0 spiro atoms. The average molecular weight is 1060 g/mol. The first-order valence-corrected chi connectivity index (χ1v) is 31.9. The number of ether oxygens (including phenoxy) is 3. The third-order valence-corrected chi connectivity index (χ3v) is 13.5. The molecule has 1 atom stereocenters. The summed E-state index contributed by atoms with van der Waals surface area (Å²) in [5, 5.41) is 0. The number of hydrogen-bond acceptors (Lipinski definition) is 6. The molecule has 6 heteroatoms. The number of carbonyl (C=O) groups excluding carboxylic acids is 3. The lowest BCUT2D eigenvalue weighted by Gasteiger charge is -2.18. The molecule has 6 nitrogen and oxygen atoms in total. The van der Waals surface area contributed by atoms with Gasteiger partial charge in [-0.05, 0) is 103 Å². The van der Waals surface area contributed by atoms with Gasteiger partial charge >= 0.3 is 17.9 Å². The number of carbonyl (C=O) groups is 3. The maximum Gasteiger partial charge on any atom is 0.306 e. The van der Waals surface area contributed by atoms with Crippen molar-refractivity contribution < 1.29 is 28.6 Å². The SMILES string of the molecule is CC/C=C\C/C=C\C/C=C\C/C=C\C/C=C\C/C=C\C/C=C\C/C=C\CCCCCCCCC(=O)OCC(COC(=O)CCCCCCC/C=C\CCC)OC(=O)CCCCCCCCCCCCCCCCCCC. The van der Waals surface area contributed by atoms with Crippen molar-refractivity contribution in [3.05, 3.63) is 109 Å². The van der Waals surface area contributed by atoms with Gasteiger partial charge in [0, 0.05) is 19.3 Å². The normalized spacial score (nSPS) is 12.8. The first-order chi connectivity index (χ1) is 37.5. The molecule has 0 fully saturated rings. The van der Waals surface area contributed by atoms with E-state index in [-0.39, 0.29) is 31.1 Å². The maximum atomic E-state index is 12.9. The Hall–Kier alpha value is -3.93. The summed E-state index contributed by atoms with van der Waals surface area (Å²) in [4.78, 5) is 38.2. The van der Waals surface area contributed by atoms with E-state index >= 15 is 0 Å². The molecular formula is C70H118O6. The summed E-state index contributed by atoms with van der Waals surface area (Å²) in [5.41, 5.74) is 0. The third kappa shape index (κ3) is 60.9. The second-order valence-corrected chi connectivity index (χ2v) is 20.9.